The molecule has 3 aromatic carbocycles. The van der Waals surface area contributed by atoms with Gasteiger partial charge in [-0.05, 0) is 47.9 Å². The van der Waals surface area contributed by atoms with E-state index < -0.39 is 11.9 Å². The fraction of sp³-hybridized carbons (Fsp3) is 0.250. The SMILES string of the molecule is CCc1ccc(N2CN(Cc3ccccc3)CN3C2=NC(=O)C[C@H]3C(=O)Nc2ccc(F)c(Cl)c2)cc1. The predicted octanol–water partition coefficient (Wildman–Crippen LogP) is 4.87. The van der Waals surface area contributed by atoms with Crippen LogP contribution in [-0.2, 0) is 22.6 Å². The Labute approximate surface area is 220 Å². The molecule has 0 unspecified atom stereocenters. The van der Waals surface area contributed by atoms with Crippen molar-refractivity contribution < 1.29 is 14.0 Å². The van der Waals surface area contributed by atoms with E-state index in [0.29, 0.717) is 31.5 Å². The quantitative estimate of drug-likeness (QED) is 0.503. The fourth-order valence-electron chi connectivity index (χ4n) is 4.62. The van der Waals surface area contributed by atoms with Crippen LogP contribution < -0.4 is 10.2 Å². The molecule has 0 spiro atoms. The van der Waals surface area contributed by atoms with Crippen LogP contribution in [0.15, 0.2) is 77.8 Å². The number of nitrogens with one attached hydrogen (secondary N) is 1. The van der Waals surface area contributed by atoms with Gasteiger partial charge in [0.1, 0.15) is 11.9 Å². The van der Waals surface area contributed by atoms with Crippen molar-refractivity contribution in [2.24, 2.45) is 4.99 Å². The van der Waals surface area contributed by atoms with Crippen LogP contribution in [0, 0.1) is 5.82 Å². The van der Waals surface area contributed by atoms with Crippen molar-refractivity contribution in [3.63, 3.8) is 0 Å². The Balaban J connectivity index is 1.46. The van der Waals surface area contributed by atoms with Crippen molar-refractivity contribution in [1.82, 2.24) is 9.80 Å². The maximum atomic E-state index is 13.6. The average Bonchev–Trinajstić information content (AvgIpc) is 2.91. The van der Waals surface area contributed by atoms with E-state index in [2.05, 4.69) is 46.4 Å². The van der Waals surface area contributed by atoms with Gasteiger partial charge in [-0.1, -0.05) is 61.0 Å². The van der Waals surface area contributed by atoms with Crippen molar-refractivity contribution in [3.05, 3.63) is 94.8 Å². The lowest BCUT2D eigenvalue weighted by Gasteiger charge is -2.48. The number of aliphatic imine (C=N–C) groups is 1. The van der Waals surface area contributed by atoms with Gasteiger partial charge in [0.05, 0.1) is 24.8 Å². The minimum absolute atomic E-state index is 0.0634. The number of carbonyl (C=O) groups excluding carboxylic acids is 2. The van der Waals surface area contributed by atoms with Gasteiger partial charge in [0, 0.05) is 17.9 Å². The number of rotatable bonds is 6. The zero-order valence-corrected chi connectivity index (χ0v) is 21.2. The summed E-state index contributed by atoms with van der Waals surface area (Å²) in [6.07, 6.45) is 0.855. The van der Waals surface area contributed by atoms with Gasteiger partial charge in [-0.15, -0.1) is 0 Å². The number of aryl methyl sites for hydroxylation is 1. The second-order valence-corrected chi connectivity index (χ2v) is 9.57. The van der Waals surface area contributed by atoms with E-state index in [4.69, 9.17) is 11.6 Å². The lowest BCUT2D eigenvalue weighted by atomic mass is 10.1. The van der Waals surface area contributed by atoms with Crippen LogP contribution in [0.4, 0.5) is 15.8 Å². The molecule has 3 aromatic rings. The molecule has 0 saturated carbocycles. The van der Waals surface area contributed by atoms with Crippen molar-refractivity contribution in [2.75, 3.05) is 23.6 Å². The summed E-state index contributed by atoms with van der Waals surface area (Å²) in [5.41, 5.74) is 3.59. The third kappa shape index (κ3) is 5.50. The second-order valence-electron chi connectivity index (χ2n) is 9.16. The van der Waals surface area contributed by atoms with Gasteiger partial charge in [-0.3, -0.25) is 19.4 Å². The summed E-state index contributed by atoms with van der Waals surface area (Å²) < 4.78 is 13.6. The molecule has 7 nitrogen and oxygen atoms in total. The summed E-state index contributed by atoms with van der Waals surface area (Å²) in [5.74, 6) is -0.872. The molecular formula is C28H27ClFN5O2. The van der Waals surface area contributed by atoms with E-state index in [1.165, 1.54) is 23.8 Å². The third-order valence-corrected chi connectivity index (χ3v) is 6.85. The molecule has 2 aliphatic rings. The Kier molecular flexibility index (Phi) is 7.21. The molecular weight excluding hydrogens is 493 g/mol. The number of fused-ring (bicyclic) bond motifs is 1. The summed E-state index contributed by atoms with van der Waals surface area (Å²) in [7, 11) is 0. The molecule has 9 heteroatoms. The maximum Gasteiger partial charge on any atom is 0.251 e. The molecule has 190 valence electrons. The molecule has 2 heterocycles. The average molecular weight is 520 g/mol. The van der Waals surface area contributed by atoms with E-state index in [1.54, 1.807) is 0 Å². The molecule has 1 saturated heterocycles. The highest BCUT2D eigenvalue weighted by Gasteiger charge is 2.41. The molecule has 1 N–H and O–H groups in total. The number of amides is 2. The number of carbonyl (C=O) groups is 2. The van der Waals surface area contributed by atoms with E-state index in [1.807, 2.05) is 40.1 Å². The first-order chi connectivity index (χ1) is 17.9. The summed E-state index contributed by atoms with van der Waals surface area (Å²) in [4.78, 5) is 36.5. The fourth-order valence-corrected chi connectivity index (χ4v) is 4.80. The van der Waals surface area contributed by atoms with Crippen LogP contribution >= 0.6 is 11.6 Å². The van der Waals surface area contributed by atoms with Crippen molar-refractivity contribution in [2.45, 2.75) is 32.4 Å². The highest BCUT2D eigenvalue weighted by atomic mass is 35.5. The summed E-state index contributed by atoms with van der Waals surface area (Å²) in [6, 6.07) is 21.4. The Morgan fingerprint density at radius 3 is 2.51 bits per heavy atom. The zero-order valence-electron chi connectivity index (χ0n) is 20.4. The molecule has 2 amide bonds. The second kappa shape index (κ2) is 10.7. The Morgan fingerprint density at radius 1 is 1.05 bits per heavy atom. The van der Waals surface area contributed by atoms with E-state index in [0.717, 1.165) is 17.7 Å². The van der Waals surface area contributed by atoms with Gasteiger partial charge in [0.25, 0.3) is 5.91 Å². The predicted molar refractivity (Wildman–Crippen MR) is 143 cm³/mol. The van der Waals surface area contributed by atoms with Crippen LogP contribution in [0.2, 0.25) is 5.02 Å². The highest BCUT2D eigenvalue weighted by Crippen LogP contribution is 2.28. The number of nitrogens with zero attached hydrogens (tertiary/aromatic N) is 4. The van der Waals surface area contributed by atoms with E-state index in [9.17, 15) is 14.0 Å². The van der Waals surface area contributed by atoms with Gasteiger partial charge in [0.15, 0.2) is 0 Å². The monoisotopic (exact) mass is 519 g/mol. The van der Waals surface area contributed by atoms with E-state index >= 15 is 0 Å². The number of halogens is 2. The maximum absolute atomic E-state index is 13.6. The van der Waals surface area contributed by atoms with Gasteiger partial charge < -0.3 is 10.2 Å². The van der Waals surface area contributed by atoms with Crippen LogP contribution in [-0.4, -0.2) is 47.0 Å². The van der Waals surface area contributed by atoms with Crippen molar-refractivity contribution >= 4 is 40.7 Å². The Morgan fingerprint density at radius 2 is 1.81 bits per heavy atom. The summed E-state index contributed by atoms with van der Waals surface area (Å²) in [5, 5.41) is 2.70. The number of hydrogen-bond acceptors (Lipinski definition) is 5. The molecule has 2 aliphatic heterocycles. The number of hydrogen-bond donors (Lipinski definition) is 1. The summed E-state index contributed by atoms with van der Waals surface area (Å²) in [6.45, 7) is 3.67. The van der Waals surface area contributed by atoms with Crippen molar-refractivity contribution in [3.8, 4) is 0 Å². The van der Waals surface area contributed by atoms with E-state index in [-0.39, 0.29) is 23.3 Å². The Bertz CT molecular complexity index is 1330. The molecule has 0 bridgehead atoms. The van der Waals surface area contributed by atoms with Crippen LogP contribution in [0.25, 0.3) is 0 Å². The normalized spacial score (nSPS) is 17.9. The number of anilines is 2. The minimum atomic E-state index is -0.792. The number of benzene rings is 3. The highest BCUT2D eigenvalue weighted by molar-refractivity contribution is 6.31. The first kappa shape index (κ1) is 24.9. The molecule has 0 radical (unpaired) electrons. The zero-order chi connectivity index (χ0) is 25.9. The van der Waals surface area contributed by atoms with Crippen LogP contribution in [0.5, 0.6) is 0 Å². The lowest BCUT2D eigenvalue weighted by Crippen LogP contribution is -2.65. The minimum Gasteiger partial charge on any atom is -0.324 e. The largest absolute Gasteiger partial charge is 0.324 e. The van der Waals surface area contributed by atoms with Gasteiger partial charge >= 0.3 is 0 Å². The molecule has 5 rings (SSSR count). The Hall–Kier alpha value is -3.75. The molecule has 0 aliphatic carbocycles. The molecule has 37 heavy (non-hydrogen) atoms. The topological polar surface area (TPSA) is 68.2 Å². The lowest BCUT2D eigenvalue weighted by molar-refractivity contribution is -0.127. The molecule has 1 fully saturated rings. The van der Waals surface area contributed by atoms with Gasteiger partial charge in [-0.25, -0.2) is 4.39 Å². The number of guanidine groups is 1. The standard InChI is InChI=1S/C28H27ClFN5O2/c1-2-19-8-11-22(12-9-19)34-17-33(16-20-6-4-3-5-7-20)18-35-25(15-26(36)32-28(34)35)27(37)31-21-10-13-24(30)23(29)14-21/h3-14,25H,2,15-18H2,1H3,(H,31,37)/t25-/m0/s1. The smallest absolute Gasteiger partial charge is 0.251 e. The van der Waals surface area contributed by atoms with Crippen LogP contribution in [0.1, 0.15) is 24.5 Å². The van der Waals surface area contributed by atoms with Crippen LogP contribution in [0.3, 0.4) is 0 Å². The first-order valence-electron chi connectivity index (χ1n) is 12.2. The first-order valence-corrected chi connectivity index (χ1v) is 12.6. The van der Waals surface area contributed by atoms with Gasteiger partial charge in [-0.2, -0.15) is 4.99 Å². The van der Waals surface area contributed by atoms with Crippen molar-refractivity contribution in [1.29, 1.82) is 0 Å². The summed E-state index contributed by atoms with van der Waals surface area (Å²) >= 11 is 5.90. The van der Waals surface area contributed by atoms with Gasteiger partial charge in [0.2, 0.25) is 11.9 Å². The molecule has 1 atom stereocenters. The molecule has 0 aromatic heterocycles. The third-order valence-electron chi connectivity index (χ3n) is 6.56.